The molecular weight excluding hydrogens is 366 g/mol. The van der Waals surface area contributed by atoms with E-state index in [-0.39, 0.29) is 23.0 Å². The smallest absolute Gasteiger partial charge is 0.252 e. The predicted octanol–water partition coefficient (Wildman–Crippen LogP) is 2.77. The van der Waals surface area contributed by atoms with Crippen molar-refractivity contribution in [2.45, 2.75) is 18.9 Å². The number of nitrogens with one attached hydrogen (secondary N) is 1. The molecule has 0 aromatic heterocycles. The van der Waals surface area contributed by atoms with Crippen LogP contribution in [-0.4, -0.2) is 32.3 Å². The van der Waals surface area contributed by atoms with Gasteiger partial charge < -0.3 is 15.5 Å². The van der Waals surface area contributed by atoms with Crippen molar-refractivity contribution in [1.29, 1.82) is 0 Å². The number of halogens is 2. The van der Waals surface area contributed by atoms with Crippen LogP contribution in [0.25, 0.3) is 0 Å². The molecule has 0 saturated heterocycles. The highest BCUT2D eigenvalue weighted by atomic mass is 79.9. The van der Waals surface area contributed by atoms with E-state index in [0.29, 0.717) is 10.7 Å². The number of carbonyl (C=O) groups is 1. The number of hydrogen-bond acceptors (Lipinski definition) is 3. The van der Waals surface area contributed by atoms with Crippen LogP contribution in [0.15, 0.2) is 18.2 Å². The van der Waals surface area contributed by atoms with Gasteiger partial charge in [-0.1, -0.05) is 38.8 Å². The number of phenols is 2. The Morgan fingerprint density at radius 3 is 2.11 bits per heavy atom. The maximum atomic E-state index is 12.1. The van der Waals surface area contributed by atoms with Crippen molar-refractivity contribution >= 4 is 37.8 Å². The number of phenolic OH excluding ortho intramolecular Hbond substituents is 2. The highest BCUT2D eigenvalue weighted by molar-refractivity contribution is 9.09. The Hall–Kier alpha value is -0.750. The van der Waals surface area contributed by atoms with Gasteiger partial charge in [0, 0.05) is 22.3 Å². The second kappa shape index (κ2) is 6.43. The van der Waals surface area contributed by atoms with Crippen LogP contribution in [0.2, 0.25) is 0 Å². The molecule has 0 aliphatic heterocycles. The van der Waals surface area contributed by atoms with Crippen molar-refractivity contribution in [3.8, 4) is 11.5 Å². The lowest BCUT2D eigenvalue weighted by molar-refractivity contribution is 0.0914. The van der Waals surface area contributed by atoms with Crippen LogP contribution in [0.3, 0.4) is 0 Å². The predicted molar refractivity (Wildman–Crippen MR) is 77.8 cm³/mol. The van der Waals surface area contributed by atoms with E-state index in [1.54, 1.807) is 0 Å². The number of rotatable bonds is 5. The summed E-state index contributed by atoms with van der Waals surface area (Å²) in [5.41, 5.74) is -0.162. The van der Waals surface area contributed by atoms with Crippen molar-refractivity contribution in [1.82, 2.24) is 5.32 Å². The fourth-order valence-corrected chi connectivity index (χ4v) is 3.42. The zero-order chi connectivity index (χ0) is 13.8. The number of benzene rings is 1. The van der Waals surface area contributed by atoms with Crippen LogP contribution < -0.4 is 5.32 Å². The third kappa shape index (κ3) is 3.62. The Labute approximate surface area is 123 Å². The van der Waals surface area contributed by atoms with E-state index in [1.807, 2.05) is 6.92 Å². The highest BCUT2D eigenvalue weighted by Gasteiger charge is 2.28. The van der Waals surface area contributed by atoms with Gasteiger partial charge in [-0.2, -0.15) is 0 Å². The van der Waals surface area contributed by atoms with E-state index in [2.05, 4.69) is 37.2 Å². The molecule has 0 heterocycles. The minimum Gasteiger partial charge on any atom is -0.508 e. The Morgan fingerprint density at radius 1 is 1.22 bits per heavy atom. The molecule has 1 aromatic carbocycles. The van der Waals surface area contributed by atoms with Crippen molar-refractivity contribution in [3.63, 3.8) is 0 Å². The first-order chi connectivity index (χ1) is 8.46. The van der Waals surface area contributed by atoms with Crippen molar-refractivity contribution < 1.29 is 15.0 Å². The molecule has 0 fully saturated rings. The van der Waals surface area contributed by atoms with Gasteiger partial charge in [0.15, 0.2) is 0 Å². The fraction of sp³-hybridized carbons (Fsp3) is 0.417. The summed E-state index contributed by atoms with van der Waals surface area (Å²) in [6.07, 6.45) is 0.750. The van der Waals surface area contributed by atoms with Gasteiger partial charge in [0.1, 0.15) is 11.5 Å². The van der Waals surface area contributed by atoms with Gasteiger partial charge in [-0.25, -0.2) is 0 Å². The fourth-order valence-electron chi connectivity index (χ4n) is 1.42. The number of amides is 1. The molecule has 0 aliphatic rings. The molecule has 0 spiro atoms. The van der Waals surface area contributed by atoms with Crippen molar-refractivity contribution in [3.05, 3.63) is 23.8 Å². The Kier molecular flexibility index (Phi) is 5.47. The van der Waals surface area contributed by atoms with Crippen LogP contribution in [-0.2, 0) is 0 Å². The van der Waals surface area contributed by atoms with Crippen LogP contribution in [0.1, 0.15) is 23.7 Å². The molecule has 3 N–H and O–H groups in total. The number of alkyl halides is 2. The summed E-state index contributed by atoms with van der Waals surface area (Å²) in [7, 11) is 0. The molecule has 6 heteroatoms. The monoisotopic (exact) mass is 379 g/mol. The summed E-state index contributed by atoms with van der Waals surface area (Å²) < 4.78 is 0. The third-order valence-electron chi connectivity index (χ3n) is 2.73. The van der Waals surface area contributed by atoms with E-state index < -0.39 is 5.54 Å². The van der Waals surface area contributed by atoms with Gasteiger partial charge in [-0.05, 0) is 18.6 Å². The number of aromatic hydroxyl groups is 2. The molecule has 0 aliphatic carbocycles. The summed E-state index contributed by atoms with van der Waals surface area (Å²) in [6, 6.07) is 3.81. The second-order valence-electron chi connectivity index (χ2n) is 4.09. The lowest BCUT2D eigenvalue weighted by atomic mass is 10.0. The normalized spacial score (nSPS) is 11.3. The lowest BCUT2D eigenvalue weighted by Crippen LogP contribution is -2.51. The molecule has 0 saturated carbocycles. The molecular formula is C12H15Br2NO3. The summed E-state index contributed by atoms with van der Waals surface area (Å²) in [6.45, 7) is 1.97. The quantitative estimate of drug-likeness (QED) is 0.688. The third-order valence-corrected chi connectivity index (χ3v) is 4.88. The molecule has 1 aromatic rings. The zero-order valence-corrected chi connectivity index (χ0v) is 13.1. The molecule has 1 rings (SSSR count). The number of carbonyl (C=O) groups excluding carboxylic acids is 1. The molecule has 0 radical (unpaired) electrons. The van der Waals surface area contributed by atoms with Gasteiger partial charge in [-0.3, -0.25) is 4.79 Å². The molecule has 4 nitrogen and oxygen atoms in total. The van der Waals surface area contributed by atoms with Gasteiger partial charge in [0.25, 0.3) is 5.91 Å². The van der Waals surface area contributed by atoms with Gasteiger partial charge in [0.05, 0.1) is 5.54 Å². The first-order valence-electron chi connectivity index (χ1n) is 5.44. The minimum absolute atomic E-state index is 0.139. The first kappa shape index (κ1) is 15.3. The topological polar surface area (TPSA) is 69.6 Å². The summed E-state index contributed by atoms with van der Waals surface area (Å²) in [4.78, 5) is 12.1. The van der Waals surface area contributed by atoms with E-state index in [4.69, 9.17) is 0 Å². The largest absolute Gasteiger partial charge is 0.508 e. The van der Waals surface area contributed by atoms with E-state index in [9.17, 15) is 15.0 Å². The van der Waals surface area contributed by atoms with Gasteiger partial charge >= 0.3 is 0 Å². The average Bonchev–Trinajstić information content (AvgIpc) is 2.35. The van der Waals surface area contributed by atoms with Crippen molar-refractivity contribution in [2.24, 2.45) is 0 Å². The Bertz CT molecular complexity index is 405. The first-order valence-corrected chi connectivity index (χ1v) is 7.68. The SMILES string of the molecule is CCC(CBr)(CBr)NC(=O)c1cc(O)cc(O)c1. The van der Waals surface area contributed by atoms with E-state index >= 15 is 0 Å². The molecule has 1 amide bonds. The maximum absolute atomic E-state index is 12.1. The maximum Gasteiger partial charge on any atom is 0.252 e. The van der Waals surface area contributed by atoms with E-state index in [1.165, 1.54) is 18.2 Å². The summed E-state index contributed by atoms with van der Waals surface area (Å²) >= 11 is 6.76. The molecule has 0 atom stereocenters. The van der Waals surface area contributed by atoms with Crippen molar-refractivity contribution in [2.75, 3.05) is 10.7 Å². The summed E-state index contributed by atoms with van der Waals surface area (Å²) in [5, 5.41) is 22.8. The summed E-state index contributed by atoms with van der Waals surface area (Å²) in [5.74, 6) is -0.609. The van der Waals surface area contributed by atoms with Gasteiger partial charge in [-0.15, -0.1) is 0 Å². The highest BCUT2D eigenvalue weighted by Crippen LogP contribution is 2.22. The van der Waals surface area contributed by atoms with Crippen LogP contribution in [0.5, 0.6) is 11.5 Å². The molecule has 18 heavy (non-hydrogen) atoms. The lowest BCUT2D eigenvalue weighted by Gasteiger charge is -2.30. The number of hydrogen-bond donors (Lipinski definition) is 3. The molecule has 100 valence electrons. The second-order valence-corrected chi connectivity index (χ2v) is 5.21. The average molecular weight is 381 g/mol. The molecule has 0 unspecified atom stereocenters. The van der Waals surface area contributed by atoms with E-state index in [0.717, 1.165) is 6.42 Å². The van der Waals surface area contributed by atoms with Crippen LogP contribution in [0.4, 0.5) is 0 Å². The minimum atomic E-state index is -0.391. The van der Waals surface area contributed by atoms with Crippen LogP contribution in [0, 0.1) is 0 Å². The standard InChI is InChI=1S/C12H15Br2NO3/c1-2-12(6-13,7-14)15-11(18)8-3-9(16)5-10(17)4-8/h3-5,16-17H,2,6-7H2,1H3,(H,15,18). The van der Waals surface area contributed by atoms with Gasteiger partial charge in [0.2, 0.25) is 0 Å². The zero-order valence-electron chi connectivity index (χ0n) is 9.91. The molecule has 0 bridgehead atoms. The van der Waals surface area contributed by atoms with Crippen LogP contribution >= 0.6 is 31.9 Å². The Balaban J connectivity index is 2.94. The Morgan fingerprint density at radius 2 is 1.72 bits per heavy atom.